The van der Waals surface area contributed by atoms with Gasteiger partial charge in [0.1, 0.15) is 0 Å². The molecule has 0 aliphatic carbocycles. The number of hydrogen-bond acceptors (Lipinski definition) is 3. The molecule has 0 fully saturated rings. The zero-order chi connectivity index (χ0) is 12.3. The van der Waals surface area contributed by atoms with Gasteiger partial charge in [-0.15, -0.1) is 0 Å². The SMILES string of the molecule is CC(C)c1nn(C)cc1CNCc1ccn[nH]1. The number of aryl methyl sites for hydroxylation is 1. The Morgan fingerprint density at radius 1 is 1.41 bits per heavy atom. The summed E-state index contributed by atoms with van der Waals surface area (Å²) >= 11 is 0. The molecular formula is C12H19N5. The average Bonchev–Trinajstić information content (AvgIpc) is 2.88. The lowest BCUT2D eigenvalue weighted by Gasteiger charge is -2.06. The Kier molecular flexibility index (Phi) is 3.58. The van der Waals surface area contributed by atoms with E-state index in [1.54, 1.807) is 6.20 Å². The predicted molar refractivity (Wildman–Crippen MR) is 66.4 cm³/mol. The first-order valence-corrected chi connectivity index (χ1v) is 5.88. The van der Waals surface area contributed by atoms with Gasteiger partial charge in [-0.1, -0.05) is 13.8 Å². The van der Waals surface area contributed by atoms with Gasteiger partial charge in [0.15, 0.2) is 0 Å². The lowest BCUT2D eigenvalue weighted by atomic mass is 10.1. The molecule has 0 amide bonds. The molecule has 2 N–H and O–H groups in total. The fourth-order valence-electron chi connectivity index (χ4n) is 1.89. The minimum Gasteiger partial charge on any atom is -0.307 e. The van der Waals surface area contributed by atoms with Crippen LogP contribution in [0.25, 0.3) is 0 Å². The van der Waals surface area contributed by atoms with Gasteiger partial charge < -0.3 is 5.32 Å². The van der Waals surface area contributed by atoms with Crippen molar-refractivity contribution in [2.24, 2.45) is 7.05 Å². The molecule has 0 unspecified atom stereocenters. The predicted octanol–water partition coefficient (Wildman–Crippen LogP) is 1.56. The van der Waals surface area contributed by atoms with Crippen LogP contribution in [-0.4, -0.2) is 20.0 Å². The fourth-order valence-corrected chi connectivity index (χ4v) is 1.89. The summed E-state index contributed by atoms with van der Waals surface area (Å²) in [5, 5.41) is 14.7. The number of nitrogens with one attached hydrogen (secondary N) is 2. The monoisotopic (exact) mass is 233 g/mol. The van der Waals surface area contributed by atoms with E-state index in [9.17, 15) is 0 Å². The molecule has 0 bridgehead atoms. The minimum atomic E-state index is 0.458. The van der Waals surface area contributed by atoms with Crippen LogP contribution in [0.5, 0.6) is 0 Å². The summed E-state index contributed by atoms with van der Waals surface area (Å²) in [6.07, 6.45) is 3.84. The van der Waals surface area contributed by atoms with E-state index in [4.69, 9.17) is 0 Å². The van der Waals surface area contributed by atoms with Gasteiger partial charge >= 0.3 is 0 Å². The van der Waals surface area contributed by atoms with Crippen LogP contribution in [0.15, 0.2) is 18.5 Å². The zero-order valence-corrected chi connectivity index (χ0v) is 10.6. The molecular weight excluding hydrogens is 214 g/mol. The van der Waals surface area contributed by atoms with Gasteiger partial charge in [0.05, 0.1) is 5.69 Å². The highest BCUT2D eigenvalue weighted by atomic mass is 15.3. The summed E-state index contributed by atoms with van der Waals surface area (Å²) < 4.78 is 1.88. The molecule has 92 valence electrons. The second-order valence-electron chi connectivity index (χ2n) is 4.55. The third-order valence-corrected chi connectivity index (χ3v) is 2.67. The van der Waals surface area contributed by atoms with Crippen LogP contribution in [0.3, 0.4) is 0 Å². The van der Waals surface area contributed by atoms with Crippen molar-refractivity contribution < 1.29 is 0 Å². The first-order valence-electron chi connectivity index (χ1n) is 5.88. The first kappa shape index (κ1) is 11.9. The number of aromatic amines is 1. The van der Waals surface area contributed by atoms with Crippen molar-refractivity contribution in [3.63, 3.8) is 0 Å². The molecule has 0 saturated carbocycles. The largest absolute Gasteiger partial charge is 0.307 e. The zero-order valence-electron chi connectivity index (χ0n) is 10.6. The van der Waals surface area contributed by atoms with Crippen LogP contribution >= 0.6 is 0 Å². The Hall–Kier alpha value is -1.62. The van der Waals surface area contributed by atoms with E-state index in [2.05, 4.69) is 40.7 Å². The normalized spacial score (nSPS) is 11.3. The Morgan fingerprint density at radius 3 is 2.88 bits per heavy atom. The Balaban J connectivity index is 1.94. The van der Waals surface area contributed by atoms with Crippen molar-refractivity contribution >= 4 is 0 Å². The van der Waals surface area contributed by atoms with Crippen molar-refractivity contribution in [2.75, 3.05) is 0 Å². The van der Waals surface area contributed by atoms with Crippen molar-refractivity contribution in [3.8, 4) is 0 Å². The third-order valence-electron chi connectivity index (χ3n) is 2.67. The summed E-state index contributed by atoms with van der Waals surface area (Å²) in [5.74, 6) is 0.458. The highest BCUT2D eigenvalue weighted by Crippen LogP contribution is 2.16. The molecule has 2 aromatic rings. The molecule has 5 heteroatoms. The van der Waals surface area contributed by atoms with E-state index in [-0.39, 0.29) is 0 Å². The molecule has 0 aliphatic rings. The maximum atomic E-state index is 4.48. The summed E-state index contributed by atoms with van der Waals surface area (Å²) in [6.45, 7) is 5.97. The molecule has 17 heavy (non-hydrogen) atoms. The summed E-state index contributed by atoms with van der Waals surface area (Å²) in [4.78, 5) is 0. The second-order valence-corrected chi connectivity index (χ2v) is 4.55. The van der Waals surface area contributed by atoms with Crippen LogP contribution in [0.1, 0.15) is 36.7 Å². The quantitative estimate of drug-likeness (QED) is 0.824. The summed E-state index contributed by atoms with van der Waals surface area (Å²) in [6, 6.07) is 1.97. The number of aromatic nitrogens is 4. The van der Waals surface area contributed by atoms with Gasteiger partial charge in [-0.3, -0.25) is 9.78 Å². The lowest BCUT2D eigenvalue weighted by Crippen LogP contribution is -2.14. The summed E-state index contributed by atoms with van der Waals surface area (Å²) in [5.41, 5.74) is 3.53. The highest BCUT2D eigenvalue weighted by molar-refractivity contribution is 5.20. The van der Waals surface area contributed by atoms with Crippen LogP contribution in [0.2, 0.25) is 0 Å². The Morgan fingerprint density at radius 2 is 2.24 bits per heavy atom. The summed E-state index contributed by atoms with van der Waals surface area (Å²) in [7, 11) is 1.96. The van der Waals surface area contributed by atoms with Crippen molar-refractivity contribution in [1.29, 1.82) is 0 Å². The molecule has 0 saturated heterocycles. The topological polar surface area (TPSA) is 58.5 Å². The minimum absolute atomic E-state index is 0.458. The van der Waals surface area contributed by atoms with E-state index in [1.807, 2.05) is 17.8 Å². The van der Waals surface area contributed by atoms with E-state index in [1.165, 1.54) is 11.3 Å². The smallest absolute Gasteiger partial charge is 0.0694 e. The van der Waals surface area contributed by atoms with Gasteiger partial charge in [0, 0.05) is 43.8 Å². The molecule has 0 spiro atoms. The van der Waals surface area contributed by atoms with Crippen LogP contribution in [0.4, 0.5) is 0 Å². The van der Waals surface area contributed by atoms with E-state index in [0.717, 1.165) is 18.8 Å². The van der Waals surface area contributed by atoms with Gasteiger partial charge in [-0.05, 0) is 12.0 Å². The molecule has 2 rings (SSSR count). The van der Waals surface area contributed by atoms with Gasteiger partial charge in [-0.2, -0.15) is 10.2 Å². The number of hydrogen-bond donors (Lipinski definition) is 2. The first-order chi connectivity index (χ1) is 8.16. The number of nitrogens with zero attached hydrogens (tertiary/aromatic N) is 3. The molecule has 0 radical (unpaired) electrons. The Labute approximate surface area is 101 Å². The maximum Gasteiger partial charge on any atom is 0.0694 e. The lowest BCUT2D eigenvalue weighted by molar-refractivity contribution is 0.665. The van der Waals surface area contributed by atoms with Crippen molar-refractivity contribution in [2.45, 2.75) is 32.9 Å². The number of rotatable bonds is 5. The average molecular weight is 233 g/mol. The molecule has 0 aromatic carbocycles. The van der Waals surface area contributed by atoms with Gasteiger partial charge in [0.25, 0.3) is 0 Å². The van der Waals surface area contributed by atoms with Gasteiger partial charge in [-0.25, -0.2) is 0 Å². The molecule has 5 nitrogen and oxygen atoms in total. The van der Waals surface area contributed by atoms with Crippen LogP contribution in [-0.2, 0) is 20.1 Å². The van der Waals surface area contributed by atoms with Gasteiger partial charge in [0.2, 0.25) is 0 Å². The highest BCUT2D eigenvalue weighted by Gasteiger charge is 2.10. The fraction of sp³-hybridized carbons (Fsp3) is 0.500. The van der Waals surface area contributed by atoms with Crippen LogP contribution < -0.4 is 5.32 Å². The van der Waals surface area contributed by atoms with Crippen LogP contribution in [0, 0.1) is 0 Å². The number of H-pyrrole nitrogens is 1. The Bertz CT molecular complexity index is 455. The third kappa shape index (κ3) is 2.94. The standard InChI is InChI=1S/C12H19N5/c1-9(2)12-10(8-17(3)16-12)6-13-7-11-4-5-14-15-11/h4-5,8-9,13H,6-7H2,1-3H3,(H,14,15). The second kappa shape index (κ2) is 5.14. The molecule has 2 aromatic heterocycles. The molecule has 0 atom stereocenters. The molecule has 0 aliphatic heterocycles. The maximum absolute atomic E-state index is 4.48. The van der Waals surface area contributed by atoms with E-state index < -0.39 is 0 Å². The van der Waals surface area contributed by atoms with E-state index in [0.29, 0.717) is 5.92 Å². The van der Waals surface area contributed by atoms with Crippen molar-refractivity contribution in [3.05, 3.63) is 35.4 Å². The molecule has 2 heterocycles. The van der Waals surface area contributed by atoms with E-state index >= 15 is 0 Å². The van der Waals surface area contributed by atoms with Crippen molar-refractivity contribution in [1.82, 2.24) is 25.3 Å².